The minimum absolute atomic E-state index is 0.0698. The maximum Gasteiger partial charge on any atom is 0.259 e. The Kier molecular flexibility index (Phi) is 4.98. The Morgan fingerprint density at radius 2 is 1.67 bits per heavy atom. The first-order chi connectivity index (χ1) is 14.8. The number of carbonyl (C=O) groups excluding carboxylic acids is 1. The highest BCUT2D eigenvalue weighted by Gasteiger charge is 2.26. The molecule has 3 aromatic heterocycles. The number of rotatable bonds is 4. The highest BCUT2D eigenvalue weighted by molar-refractivity contribution is 7.21. The van der Waals surface area contributed by atoms with Gasteiger partial charge in [-0.15, -0.1) is 0 Å². The van der Waals surface area contributed by atoms with Crippen molar-refractivity contribution >= 4 is 32.7 Å². The molecule has 1 saturated heterocycles. The van der Waals surface area contributed by atoms with Crippen molar-refractivity contribution in [2.24, 2.45) is 0 Å². The number of benzene rings is 1. The molecule has 1 amide bonds. The molecule has 0 spiro atoms. The van der Waals surface area contributed by atoms with Crippen LogP contribution >= 0.6 is 11.3 Å². The van der Waals surface area contributed by atoms with E-state index in [2.05, 4.69) is 19.9 Å². The number of ether oxygens (including phenoxy) is 1. The SMILES string of the molecule is O=C(c1cccnc1Oc1ccccc1)N1CCN(c2nc3cccnc3s2)CC1. The fraction of sp³-hybridized carbons (Fsp3) is 0.182. The molecule has 4 aromatic rings. The highest BCUT2D eigenvalue weighted by Crippen LogP contribution is 2.28. The lowest BCUT2D eigenvalue weighted by Crippen LogP contribution is -2.48. The van der Waals surface area contributed by atoms with Crippen LogP contribution in [-0.4, -0.2) is 51.9 Å². The van der Waals surface area contributed by atoms with Crippen molar-refractivity contribution in [1.29, 1.82) is 0 Å². The molecule has 1 aromatic carbocycles. The lowest BCUT2D eigenvalue weighted by atomic mass is 10.2. The van der Waals surface area contributed by atoms with Crippen LogP contribution in [0.4, 0.5) is 5.13 Å². The zero-order chi connectivity index (χ0) is 20.3. The number of aromatic nitrogens is 3. The third kappa shape index (κ3) is 3.69. The molecule has 0 atom stereocenters. The van der Waals surface area contributed by atoms with Gasteiger partial charge < -0.3 is 14.5 Å². The van der Waals surface area contributed by atoms with Gasteiger partial charge in [0.15, 0.2) is 5.13 Å². The third-order valence-electron chi connectivity index (χ3n) is 4.95. The summed E-state index contributed by atoms with van der Waals surface area (Å²) in [5.74, 6) is 0.910. The molecule has 0 radical (unpaired) electrons. The molecular formula is C22H19N5O2S. The topological polar surface area (TPSA) is 71.5 Å². The van der Waals surface area contributed by atoms with Crippen LogP contribution in [0.2, 0.25) is 0 Å². The zero-order valence-electron chi connectivity index (χ0n) is 16.1. The zero-order valence-corrected chi connectivity index (χ0v) is 17.0. The molecule has 150 valence electrons. The van der Waals surface area contributed by atoms with Gasteiger partial charge in [-0.25, -0.2) is 15.0 Å². The van der Waals surface area contributed by atoms with E-state index in [9.17, 15) is 4.79 Å². The Hall–Kier alpha value is -3.52. The first-order valence-corrected chi connectivity index (χ1v) is 10.5. The molecule has 0 aliphatic carbocycles. The van der Waals surface area contributed by atoms with Crippen molar-refractivity contribution in [3.8, 4) is 11.6 Å². The normalized spacial score (nSPS) is 14.1. The summed E-state index contributed by atoms with van der Waals surface area (Å²) in [4.78, 5) is 31.5. The average Bonchev–Trinajstić information content (AvgIpc) is 3.24. The second-order valence-corrected chi connectivity index (χ2v) is 7.83. The van der Waals surface area contributed by atoms with E-state index in [1.807, 2.05) is 47.4 Å². The van der Waals surface area contributed by atoms with Crippen LogP contribution in [-0.2, 0) is 0 Å². The third-order valence-corrected chi connectivity index (χ3v) is 5.99. The van der Waals surface area contributed by atoms with Gasteiger partial charge in [0.05, 0.1) is 0 Å². The number of fused-ring (bicyclic) bond motifs is 1. The van der Waals surface area contributed by atoms with E-state index in [0.29, 0.717) is 30.3 Å². The number of pyridine rings is 2. The van der Waals surface area contributed by atoms with E-state index >= 15 is 0 Å². The minimum Gasteiger partial charge on any atom is -0.438 e. The Morgan fingerprint density at radius 3 is 2.47 bits per heavy atom. The van der Waals surface area contributed by atoms with Crippen molar-refractivity contribution in [1.82, 2.24) is 19.9 Å². The van der Waals surface area contributed by atoms with Gasteiger partial charge >= 0.3 is 0 Å². The fourth-order valence-corrected chi connectivity index (χ4v) is 4.36. The van der Waals surface area contributed by atoms with E-state index < -0.39 is 0 Å². The number of hydrogen-bond acceptors (Lipinski definition) is 7. The summed E-state index contributed by atoms with van der Waals surface area (Å²) in [7, 11) is 0. The van der Waals surface area contributed by atoms with Crippen LogP contribution in [0.3, 0.4) is 0 Å². The van der Waals surface area contributed by atoms with E-state index in [4.69, 9.17) is 4.74 Å². The van der Waals surface area contributed by atoms with Gasteiger partial charge in [-0.1, -0.05) is 29.5 Å². The lowest BCUT2D eigenvalue weighted by Gasteiger charge is -2.34. The summed E-state index contributed by atoms with van der Waals surface area (Å²) in [5.41, 5.74) is 1.38. The maximum atomic E-state index is 13.2. The molecule has 1 aliphatic rings. The number of anilines is 1. The summed E-state index contributed by atoms with van der Waals surface area (Å²) in [6.45, 7) is 2.67. The monoisotopic (exact) mass is 417 g/mol. The van der Waals surface area contributed by atoms with Crippen molar-refractivity contribution in [2.75, 3.05) is 31.1 Å². The quantitative estimate of drug-likeness (QED) is 0.502. The Bertz CT molecular complexity index is 1140. The number of hydrogen-bond donors (Lipinski definition) is 0. The first kappa shape index (κ1) is 18.5. The largest absolute Gasteiger partial charge is 0.438 e. The van der Waals surface area contributed by atoms with E-state index in [0.717, 1.165) is 28.6 Å². The molecule has 0 bridgehead atoms. The van der Waals surface area contributed by atoms with Crippen LogP contribution in [0, 0.1) is 0 Å². The predicted octanol–water partition coefficient (Wildman–Crippen LogP) is 3.84. The van der Waals surface area contributed by atoms with Crippen molar-refractivity contribution in [2.45, 2.75) is 0 Å². The van der Waals surface area contributed by atoms with Crippen molar-refractivity contribution in [3.05, 3.63) is 72.6 Å². The number of para-hydroxylation sites is 1. The van der Waals surface area contributed by atoms with Gasteiger partial charge in [-0.05, 0) is 36.4 Å². The molecule has 4 heterocycles. The average molecular weight is 417 g/mol. The number of amides is 1. The minimum atomic E-state index is -0.0698. The van der Waals surface area contributed by atoms with Gasteiger partial charge in [0.2, 0.25) is 5.88 Å². The first-order valence-electron chi connectivity index (χ1n) is 9.71. The van der Waals surface area contributed by atoms with E-state index in [-0.39, 0.29) is 5.91 Å². The second-order valence-electron chi connectivity index (χ2n) is 6.87. The molecule has 30 heavy (non-hydrogen) atoms. The standard InChI is InChI=1S/C22H19N5O2S/c28-21(17-8-4-10-23-19(17)29-16-6-2-1-3-7-16)26-12-14-27(15-13-26)22-25-18-9-5-11-24-20(18)30-22/h1-11H,12-15H2. The molecule has 0 saturated carbocycles. The Balaban J connectivity index is 1.29. The molecule has 8 heteroatoms. The molecular weight excluding hydrogens is 398 g/mol. The lowest BCUT2D eigenvalue weighted by molar-refractivity contribution is 0.0743. The van der Waals surface area contributed by atoms with E-state index in [1.165, 1.54) is 0 Å². The summed E-state index contributed by atoms with van der Waals surface area (Å²) < 4.78 is 5.86. The van der Waals surface area contributed by atoms with Crippen molar-refractivity contribution in [3.63, 3.8) is 0 Å². The van der Waals surface area contributed by atoms with Gasteiger partial charge in [0, 0.05) is 38.6 Å². The van der Waals surface area contributed by atoms with Crippen LogP contribution < -0.4 is 9.64 Å². The predicted molar refractivity (Wildman–Crippen MR) is 116 cm³/mol. The molecule has 7 nitrogen and oxygen atoms in total. The molecule has 0 unspecified atom stereocenters. The van der Waals surface area contributed by atoms with Crippen LogP contribution in [0.25, 0.3) is 10.3 Å². The summed E-state index contributed by atoms with van der Waals surface area (Å²) in [6, 6.07) is 16.8. The van der Waals surface area contributed by atoms with Crippen LogP contribution in [0.15, 0.2) is 67.0 Å². The van der Waals surface area contributed by atoms with Crippen molar-refractivity contribution < 1.29 is 9.53 Å². The Morgan fingerprint density at radius 1 is 0.900 bits per heavy atom. The van der Waals surface area contributed by atoms with Gasteiger partial charge in [-0.2, -0.15) is 0 Å². The van der Waals surface area contributed by atoms with Gasteiger partial charge in [0.1, 0.15) is 21.7 Å². The molecule has 1 aliphatic heterocycles. The van der Waals surface area contributed by atoms with Crippen LogP contribution in [0.5, 0.6) is 11.6 Å². The molecule has 5 rings (SSSR count). The summed E-state index contributed by atoms with van der Waals surface area (Å²) in [5, 5.41) is 0.949. The number of piperazine rings is 1. The summed E-state index contributed by atoms with van der Waals surface area (Å²) in [6.07, 6.45) is 3.41. The number of nitrogens with zero attached hydrogens (tertiary/aromatic N) is 5. The molecule has 1 fully saturated rings. The number of carbonyl (C=O) groups is 1. The fourth-order valence-electron chi connectivity index (χ4n) is 3.40. The van der Waals surface area contributed by atoms with Gasteiger partial charge in [-0.3, -0.25) is 4.79 Å². The van der Waals surface area contributed by atoms with Gasteiger partial charge in [0.25, 0.3) is 5.91 Å². The number of thiazole rings is 1. The molecule has 0 N–H and O–H groups in total. The Labute approximate surface area is 177 Å². The summed E-state index contributed by atoms with van der Waals surface area (Å²) >= 11 is 1.58. The van der Waals surface area contributed by atoms with Crippen LogP contribution in [0.1, 0.15) is 10.4 Å². The second kappa shape index (κ2) is 8.08. The maximum absolute atomic E-state index is 13.2. The van der Waals surface area contributed by atoms with E-state index in [1.54, 1.807) is 35.9 Å². The highest BCUT2D eigenvalue weighted by atomic mass is 32.1. The smallest absolute Gasteiger partial charge is 0.259 e.